The highest BCUT2D eigenvalue weighted by Gasteiger charge is 2.49. The van der Waals surface area contributed by atoms with Crippen molar-refractivity contribution in [2.24, 2.45) is 0 Å². The van der Waals surface area contributed by atoms with E-state index in [4.69, 9.17) is 23.7 Å². The van der Waals surface area contributed by atoms with Gasteiger partial charge in [-0.15, -0.1) is 11.8 Å². The number of thioether (sulfide) groups is 1. The lowest BCUT2D eigenvalue weighted by atomic mass is 10.00. The Kier molecular flexibility index (Phi) is 11.6. The highest BCUT2D eigenvalue weighted by Crippen LogP contribution is 2.40. The van der Waals surface area contributed by atoms with E-state index in [0.717, 1.165) is 27.3 Å². The molecule has 46 heavy (non-hydrogen) atoms. The third-order valence-electron chi connectivity index (χ3n) is 7.91. The highest BCUT2D eigenvalue weighted by molar-refractivity contribution is 8.00. The first kappa shape index (κ1) is 32.0. The Morgan fingerprint density at radius 1 is 0.565 bits per heavy atom. The summed E-state index contributed by atoms with van der Waals surface area (Å²) in [5.41, 5.74) is 4.46. The molecule has 0 aliphatic carbocycles. The molecular weight excluding hydrogens is 593 g/mol. The molecule has 1 heterocycles. The summed E-state index contributed by atoms with van der Waals surface area (Å²) < 4.78 is 33.5. The van der Waals surface area contributed by atoms with Crippen LogP contribution >= 0.6 is 11.8 Å². The van der Waals surface area contributed by atoms with Crippen molar-refractivity contribution in [1.29, 1.82) is 0 Å². The molecule has 1 fully saturated rings. The Balaban J connectivity index is 1.34. The minimum atomic E-state index is -0.630. The van der Waals surface area contributed by atoms with Gasteiger partial charge in [-0.2, -0.15) is 0 Å². The Hall–Kier alpha value is -3.91. The molecule has 6 heteroatoms. The fourth-order valence-corrected chi connectivity index (χ4v) is 6.80. The lowest BCUT2D eigenvalue weighted by Crippen LogP contribution is -2.60. The van der Waals surface area contributed by atoms with Gasteiger partial charge in [0.2, 0.25) is 6.29 Å². The van der Waals surface area contributed by atoms with Gasteiger partial charge in [-0.1, -0.05) is 127 Å². The van der Waals surface area contributed by atoms with Gasteiger partial charge in [0, 0.05) is 4.90 Å². The van der Waals surface area contributed by atoms with E-state index in [-0.39, 0.29) is 11.4 Å². The van der Waals surface area contributed by atoms with Crippen LogP contribution in [0, 0.1) is 6.92 Å². The molecule has 1 aliphatic heterocycles. The van der Waals surface area contributed by atoms with Crippen LogP contribution in [0.5, 0.6) is 5.75 Å². The molecule has 0 aromatic heterocycles. The minimum absolute atomic E-state index is 0.254. The molecule has 5 nitrogen and oxygen atoms in total. The van der Waals surface area contributed by atoms with Gasteiger partial charge in [0.25, 0.3) is 0 Å². The smallest absolute Gasteiger partial charge is 0.215 e. The largest absolute Gasteiger partial charge is 0.464 e. The predicted molar refractivity (Wildman–Crippen MR) is 183 cm³/mol. The summed E-state index contributed by atoms with van der Waals surface area (Å²) >= 11 is 1.71. The molecule has 0 unspecified atom stereocenters. The average Bonchev–Trinajstić information content (AvgIpc) is 3.10. The quantitative estimate of drug-likeness (QED) is 0.122. The van der Waals surface area contributed by atoms with Gasteiger partial charge in [0.1, 0.15) is 29.3 Å². The molecule has 0 amide bonds. The maximum atomic E-state index is 6.90. The number of rotatable bonds is 14. The van der Waals surface area contributed by atoms with E-state index in [1.54, 1.807) is 11.8 Å². The number of aryl methyl sites for hydroxylation is 1. The predicted octanol–water partition coefficient (Wildman–Crippen LogP) is 8.65. The van der Waals surface area contributed by atoms with Crippen molar-refractivity contribution < 1.29 is 23.7 Å². The van der Waals surface area contributed by atoms with E-state index in [1.165, 1.54) is 5.56 Å². The van der Waals surface area contributed by atoms with Gasteiger partial charge < -0.3 is 23.7 Å². The number of hydrogen-bond acceptors (Lipinski definition) is 6. The van der Waals surface area contributed by atoms with Crippen molar-refractivity contribution >= 4 is 11.8 Å². The Morgan fingerprint density at radius 3 is 1.65 bits per heavy atom. The fourth-order valence-electron chi connectivity index (χ4n) is 5.49. The topological polar surface area (TPSA) is 46.2 Å². The molecule has 0 saturated carbocycles. The summed E-state index contributed by atoms with van der Waals surface area (Å²) in [6.07, 6.45) is -1.90. The van der Waals surface area contributed by atoms with Crippen LogP contribution in [0.25, 0.3) is 0 Å². The van der Waals surface area contributed by atoms with Crippen LogP contribution in [-0.2, 0) is 38.8 Å². The van der Waals surface area contributed by atoms with E-state index >= 15 is 0 Å². The van der Waals surface area contributed by atoms with Crippen molar-refractivity contribution in [1.82, 2.24) is 0 Å². The lowest BCUT2D eigenvalue weighted by molar-refractivity contribution is -0.253. The van der Waals surface area contributed by atoms with Gasteiger partial charge in [-0.3, -0.25) is 0 Å². The standard InChI is InChI=1S/C40H40O5S/c1-30-16-14-15-25-36(30)46-39-38(43-28-33-21-10-4-11-22-33)37(42-27-32-19-8-3-9-20-32)35(29-41-26-31-17-6-2-7-18-31)45-40(39)44-34-23-12-5-13-24-34/h2-25,35,37-40H,26-29H2,1H3/t35-,37-,38+,39+,40+/m1/s1. The maximum absolute atomic E-state index is 6.90. The SMILES string of the molecule is Cc1ccccc1S[C@@H]1[C@@H](Oc2ccccc2)O[C@H](COCc2ccccc2)[C@@H](OCc2ccccc2)[C@@H]1OCc1ccccc1. The van der Waals surface area contributed by atoms with Gasteiger partial charge in [0.15, 0.2) is 0 Å². The van der Waals surface area contributed by atoms with Crippen LogP contribution in [0.1, 0.15) is 22.3 Å². The molecule has 5 aromatic rings. The second kappa shape index (κ2) is 16.6. The van der Waals surface area contributed by atoms with Crippen LogP contribution in [-0.4, -0.2) is 36.5 Å². The summed E-state index contributed by atoms with van der Waals surface area (Å²) in [6.45, 7) is 3.75. The van der Waals surface area contributed by atoms with E-state index < -0.39 is 18.5 Å². The summed E-state index contributed by atoms with van der Waals surface area (Å²) in [5, 5.41) is -0.254. The molecule has 236 valence electrons. The lowest BCUT2D eigenvalue weighted by Gasteiger charge is -2.46. The molecule has 0 radical (unpaired) electrons. The molecule has 0 spiro atoms. The summed E-state index contributed by atoms with van der Waals surface area (Å²) in [6, 6.07) is 48.9. The van der Waals surface area contributed by atoms with Crippen LogP contribution < -0.4 is 4.74 Å². The summed E-state index contributed by atoms with van der Waals surface area (Å²) in [5.74, 6) is 0.734. The van der Waals surface area contributed by atoms with Crippen LogP contribution in [0.3, 0.4) is 0 Å². The van der Waals surface area contributed by atoms with Crippen molar-refractivity contribution in [3.8, 4) is 5.75 Å². The van der Waals surface area contributed by atoms with Crippen LogP contribution in [0.2, 0.25) is 0 Å². The summed E-state index contributed by atoms with van der Waals surface area (Å²) in [4.78, 5) is 1.15. The zero-order chi connectivity index (χ0) is 31.4. The second-order valence-corrected chi connectivity index (χ2v) is 12.6. The van der Waals surface area contributed by atoms with E-state index in [0.29, 0.717) is 26.4 Å². The molecule has 6 rings (SSSR count). The third kappa shape index (κ3) is 8.87. The first-order valence-corrected chi connectivity index (χ1v) is 16.6. The highest BCUT2D eigenvalue weighted by atomic mass is 32.2. The first-order valence-electron chi connectivity index (χ1n) is 15.7. The van der Waals surface area contributed by atoms with Gasteiger partial charge in [-0.05, 0) is 47.4 Å². The van der Waals surface area contributed by atoms with Gasteiger partial charge in [-0.25, -0.2) is 0 Å². The second-order valence-electron chi connectivity index (χ2n) is 11.3. The zero-order valence-corrected chi connectivity index (χ0v) is 26.8. The zero-order valence-electron chi connectivity index (χ0n) is 26.0. The monoisotopic (exact) mass is 632 g/mol. The van der Waals surface area contributed by atoms with Crippen molar-refractivity contribution in [3.63, 3.8) is 0 Å². The van der Waals surface area contributed by atoms with Gasteiger partial charge in [0.05, 0.1) is 26.4 Å². The van der Waals surface area contributed by atoms with Crippen molar-refractivity contribution in [3.05, 3.63) is 168 Å². The van der Waals surface area contributed by atoms with Crippen molar-refractivity contribution in [2.45, 2.75) is 61.5 Å². The fraction of sp³-hybridized carbons (Fsp3) is 0.250. The Morgan fingerprint density at radius 2 is 1.07 bits per heavy atom. The number of ether oxygens (including phenoxy) is 5. The normalized spacial score (nSPS) is 21.1. The summed E-state index contributed by atoms with van der Waals surface area (Å²) in [7, 11) is 0. The molecule has 0 bridgehead atoms. The van der Waals surface area contributed by atoms with E-state index in [9.17, 15) is 0 Å². The van der Waals surface area contributed by atoms with Crippen LogP contribution in [0.15, 0.2) is 150 Å². The Labute approximate surface area is 276 Å². The molecular formula is C40H40O5S. The molecule has 1 saturated heterocycles. The number of benzene rings is 5. The minimum Gasteiger partial charge on any atom is -0.464 e. The third-order valence-corrected chi connectivity index (χ3v) is 9.38. The molecule has 1 aliphatic rings. The average molecular weight is 633 g/mol. The molecule has 5 atom stereocenters. The molecule has 5 aromatic carbocycles. The molecule has 0 N–H and O–H groups in total. The Bertz CT molecular complexity index is 1590. The van der Waals surface area contributed by atoms with E-state index in [1.807, 2.05) is 84.9 Å². The van der Waals surface area contributed by atoms with Crippen LogP contribution in [0.4, 0.5) is 0 Å². The van der Waals surface area contributed by atoms with Crippen molar-refractivity contribution in [2.75, 3.05) is 6.61 Å². The first-order chi connectivity index (χ1) is 22.7. The number of para-hydroxylation sites is 1. The maximum Gasteiger partial charge on any atom is 0.215 e. The van der Waals surface area contributed by atoms with Gasteiger partial charge >= 0.3 is 0 Å². The van der Waals surface area contributed by atoms with E-state index in [2.05, 4.69) is 67.6 Å². The number of hydrogen-bond donors (Lipinski definition) is 0.